The van der Waals surface area contributed by atoms with Gasteiger partial charge < -0.3 is 15.1 Å². The van der Waals surface area contributed by atoms with E-state index in [4.69, 9.17) is 0 Å². The predicted molar refractivity (Wildman–Crippen MR) is 53.7 cm³/mol. The van der Waals surface area contributed by atoms with Gasteiger partial charge in [-0.1, -0.05) is 0 Å². The van der Waals surface area contributed by atoms with Gasteiger partial charge in [-0.15, -0.1) is 13.2 Å². The highest BCUT2D eigenvalue weighted by Gasteiger charge is 2.48. The zero-order valence-corrected chi connectivity index (χ0v) is 9.51. The van der Waals surface area contributed by atoms with E-state index in [0.29, 0.717) is 0 Å². The summed E-state index contributed by atoms with van der Waals surface area (Å²) in [5.41, 5.74) is 0. The number of aliphatic hydroxyl groups is 2. The highest BCUT2D eigenvalue weighted by molar-refractivity contribution is 7.60. The maximum atomic E-state index is 11.3. The lowest BCUT2D eigenvalue weighted by Crippen LogP contribution is -2.32. The molecule has 0 aliphatic heterocycles. The summed E-state index contributed by atoms with van der Waals surface area (Å²) in [4.78, 5) is 9.24. The quantitative estimate of drug-likeness (QED) is 0.477. The standard InChI is InChI=1S/C6H15O4P.C2H4/c1-5(2,7)11(9,10)6(3,4)8;1-2/h7-8H,1-4H3,(H,9,10);1-2H2. The topological polar surface area (TPSA) is 77.8 Å². The molecule has 0 atom stereocenters. The van der Waals surface area contributed by atoms with E-state index >= 15 is 0 Å². The van der Waals surface area contributed by atoms with Gasteiger partial charge in [0, 0.05) is 0 Å². The molecule has 0 aliphatic rings. The van der Waals surface area contributed by atoms with Gasteiger partial charge >= 0.3 is 0 Å². The molecule has 0 heterocycles. The summed E-state index contributed by atoms with van der Waals surface area (Å²) in [6.45, 7) is 10.8. The minimum atomic E-state index is -3.95. The molecule has 3 N–H and O–H groups in total. The van der Waals surface area contributed by atoms with Crippen LogP contribution >= 0.6 is 7.37 Å². The fraction of sp³-hybridized carbons (Fsp3) is 0.750. The van der Waals surface area contributed by atoms with Crippen molar-refractivity contribution < 1.29 is 19.7 Å². The fourth-order valence-electron chi connectivity index (χ4n) is 0.670. The van der Waals surface area contributed by atoms with Crippen molar-refractivity contribution in [3.05, 3.63) is 13.2 Å². The van der Waals surface area contributed by atoms with Crippen LogP contribution in [0.15, 0.2) is 13.2 Å². The van der Waals surface area contributed by atoms with Crippen LogP contribution in [0.4, 0.5) is 0 Å². The summed E-state index contributed by atoms with van der Waals surface area (Å²) in [6, 6.07) is 0. The minimum absolute atomic E-state index is 1.20. The number of rotatable bonds is 2. The second-order valence-corrected chi connectivity index (χ2v) is 6.91. The van der Waals surface area contributed by atoms with Gasteiger partial charge in [0.2, 0.25) is 0 Å². The normalized spacial score (nSPS) is 13.2. The zero-order valence-electron chi connectivity index (χ0n) is 8.61. The lowest BCUT2D eigenvalue weighted by Gasteiger charge is -2.33. The van der Waals surface area contributed by atoms with Crippen LogP contribution in [0.5, 0.6) is 0 Å². The van der Waals surface area contributed by atoms with E-state index in [-0.39, 0.29) is 0 Å². The van der Waals surface area contributed by atoms with Crippen molar-refractivity contribution in [1.82, 2.24) is 0 Å². The van der Waals surface area contributed by atoms with Crippen LogP contribution in [0.3, 0.4) is 0 Å². The van der Waals surface area contributed by atoms with Crippen molar-refractivity contribution in [3.63, 3.8) is 0 Å². The Morgan fingerprint density at radius 1 is 1.00 bits per heavy atom. The summed E-state index contributed by atoms with van der Waals surface area (Å²) in [6.07, 6.45) is 0. The lowest BCUT2D eigenvalue weighted by atomic mass is 10.5. The molecule has 0 spiro atoms. The molecule has 13 heavy (non-hydrogen) atoms. The fourth-order valence-corrected chi connectivity index (χ4v) is 2.01. The second-order valence-electron chi connectivity index (χ2n) is 3.56. The highest BCUT2D eigenvalue weighted by Crippen LogP contribution is 2.61. The van der Waals surface area contributed by atoms with Crippen molar-refractivity contribution in [1.29, 1.82) is 0 Å². The van der Waals surface area contributed by atoms with Gasteiger partial charge in [0.1, 0.15) is 10.7 Å². The molecule has 0 fully saturated rings. The van der Waals surface area contributed by atoms with Crippen LogP contribution in [0.25, 0.3) is 0 Å². The third-order valence-corrected chi connectivity index (χ3v) is 4.45. The van der Waals surface area contributed by atoms with Crippen LogP contribution in [-0.4, -0.2) is 25.8 Å². The van der Waals surface area contributed by atoms with E-state index in [2.05, 4.69) is 13.2 Å². The van der Waals surface area contributed by atoms with Gasteiger partial charge in [0.15, 0.2) is 0 Å². The van der Waals surface area contributed by atoms with Crippen LogP contribution in [-0.2, 0) is 4.57 Å². The molecule has 4 nitrogen and oxygen atoms in total. The van der Waals surface area contributed by atoms with E-state index in [1.165, 1.54) is 27.7 Å². The summed E-state index contributed by atoms with van der Waals surface area (Å²) in [7, 11) is -3.95. The molecular weight excluding hydrogens is 191 g/mol. The molecule has 0 unspecified atom stereocenters. The summed E-state index contributed by atoms with van der Waals surface area (Å²) >= 11 is 0. The van der Waals surface area contributed by atoms with Crippen LogP contribution < -0.4 is 0 Å². The number of hydrogen-bond donors (Lipinski definition) is 3. The summed E-state index contributed by atoms with van der Waals surface area (Å²) in [5.74, 6) is 0. The Kier molecular flexibility index (Phi) is 5.16. The maximum Gasteiger partial charge on any atom is 0.260 e. The number of hydrogen-bond acceptors (Lipinski definition) is 3. The first-order valence-electron chi connectivity index (χ1n) is 3.78. The Balaban J connectivity index is 0. The lowest BCUT2D eigenvalue weighted by molar-refractivity contribution is 0.0958. The van der Waals surface area contributed by atoms with Gasteiger partial charge in [-0.05, 0) is 27.7 Å². The second kappa shape index (κ2) is 4.38. The average Bonchev–Trinajstić information content (AvgIpc) is 1.87. The van der Waals surface area contributed by atoms with Crippen LogP contribution in [0.2, 0.25) is 0 Å². The van der Waals surface area contributed by atoms with Crippen molar-refractivity contribution in [2.45, 2.75) is 38.4 Å². The van der Waals surface area contributed by atoms with E-state index < -0.39 is 18.1 Å². The molecule has 5 heteroatoms. The van der Waals surface area contributed by atoms with Crippen molar-refractivity contribution in [2.75, 3.05) is 0 Å². The van der Waals surface area contributed by atoms with Gasteiger partial charge in [0.05, 0.1) is 0 Å². The first kappa shape index (κ1) is 15.3. The molecule has 0 amide bonds. The summed E-state index contributed by atoms with van der Waals surface area (Å²) < 4.78 is 11.3. The Morgan fingerprint density at radius 3 is 1.15 bits per heavy atom. The molecule has 0 rings (SSSR count). The van der Waals surface area contributed by atoms with Crippen LogP contribution in [0, 0.1) is 0 Å². The predicted octanol–water partition coefficient (Wildman–Crippen LogP) is 1.52. The Hall–Kier alpha value is -0.150. The Morgan fingerprint density at radius 2 is 1.15 bits per heavy atom. The van der Waals surface area contributed by atoms with E-state index in [9.17, 15) is 19.7 Å². The highest BCUT2D eigenvalue weighted by atomic mass is 31.2. The molecule has 0 saturated carbocycles. The summed E-state index contributed by atoms with van der Waals surface area (Å²) in [5, 5.41) is 14.9. The molecule has 0 aliphatic carbocycles. The van der Waals surface area contributed by atoms with Gasteiger partial charge in [-0.2, -0.15) is 0 Å². The van der Waals surface area contributed by atoms with Crippen molar-refractivity contribution in [2.24, 2.45) is 0 Å². The van der Waals surface area contributed by atoms with Gasteiger partial charge in [0.25, 0.3) is 7.37 Å². The molecule has 0 radical (unpaired) electrons. The Labute approximate surface area is 79.4 Å². The van der Waals surface area contributed by atoms with Crippen molar-refractivity contribution >= 4 is 7.37 Å². The van der Waals surface area contributed by atoms with E-state index in [1.807, 2.05) is 0 Å². The molecule has 0 bridgehead atoms. The molecule has 0 aromatic heterocycles. The molecule has 0 aromatic rings. The van der Waals surface area contributed by atoms with Crippen molar-refractivity contribution in [3.8, 4) is 0 Å². The van der Waals surface area contributed by atoms with Gasteiger partial charge in [-0.3, -0.25) is 4.57 Å². The first-order valence-corrected chi connectivity index (χ1v) is 5.44. The molecule has 0 saturated heterocycles. The van der Waals surface area contributed by atoms with E-state index in [1.54, 1.807) is 0 Å². The smallest absolute Gasteiger partial charge is 0.260 e. The zero-order chi connectivity index (χ0) is 11.5. The molecule has 0 aromatic carbocycles. The van der Waals surface area contributed by atoms with E-state index in [0.717, 1.165) is 0 Å². The molecule has 80 valence electrons. The SMILES string of the molecule is C=C.CC(C)(O)P(=O)(O)C(C)(C)O. The monoisotopic (exact) mass is 210 g/mol. The Bertz CT molecular complexity index is 181. The third kappa shape index (κ3) is 3.61. The molecular formula is C8H19O4P. The largest absolute Gasteiger partial charge is 0.380 e. The maximum absolute atomic E-state index is 11.3. The first-order chi connectivity index (χ1) is 5.50. The minimum Gasteiger partial charge on any atom is -0.380 e. The van der Waals surface area contributed by atoms with Crippen LogP contribution in [0.1, 0.15) is 27.7 Å². The third-order valence-electron chi connectivity index (χ3n) is 1.48. The van der Waals surface area contributed by atoms with Gasteiger partial charge in [-0.25, -0.2) is 0 Å². The average molecular weight is 210 g/mol.